The highest BCUT2D eigenvalue weighted by Gasteiger charge is 2.28. The van der Waals surface area contributed by atoms with Crippen molar-refractivity contribution in [2.24, 2.45) is 0 Å². The van der Waals surface area contributed by atoms with E-state index in [9.17, 15) is 14.4 Å². The first kappa shape index (κ1) is 20.3. The number of rotatable bonds is 8. The van der Waals surface area contributed by atoms with Crippen LogP contribution in [0.15, 0.2) is 91.1 Å². The summed E-state index contributed by atoms with van der Waals surface area (Å²) in [4.78, 5) is 41.3. The predicted molar refractivity (Wildman–Crippen MR) is 118 cm³/mol. The minimum absolute atomic E-state index is 0.0195. The second-order valence-corrected chi connectivity index (χ2v) is 7.18. The Morgan fingerprint density at radius 2 is 1.42 bits per heavy atom. The number of esters is 1. The molecule has 0 saturated carbocycles. The minimum Gasteiger partial charge on any atom is -0.449 e. The van der Waals surface area contributed by atoms with Gasteiger partial charge in [-0.15, -0.1) is 0 Å². The minimum atomic E-state index is -1.08. The molecule has 0 spiro atoms. The maximum atomic E-state index is 13.4. The Hall–Kier alpha value is -3.99. The topological polar surface area (TPSA) is 76.2 Å². The van der Waals surface area contributed by atoms with Gasteiger partial charge in [0.15, 0.2) is 11.9 Å². The van der Waals surface area contributed by atoms with Gasteiger partial charge in [-0.2, -0.15) is 0 Å². The number of aromatic nitrogens is 1. The highest BCUT2D eigenvalue weighted by molar-refractivity contribution is 6.10. The van der Waals surface area contributed by atoms with Gasteiger partial charge in [0, 0.05) is 40.2 Å². The summed E-state index contributed by atoms with van der Waals surface area (Å²) in [7, 11) is 0. The number of aromatic amines is 1. The molecule has 0 aliphatic heterocycles. The van der Waals surface area contributed by atoms with Gasteiger partial charge in [-0.25, -0.2) is 0 Å². The standard InChI is InChI=1S/C26H21NO4/c28-23(18-9-3-1-4-10-18)15-16-24(29)31-26(19-11-5-2-6-12-19)25(30)21-17-27-22-14-8-7-13-20(21)22/h1-14,17,26-27H,15-16H2. The van der Waals surface area contributed by atoms with Gasteiger partial charge in [0.25, 0.3) is 0 Å². The Morgan fingerprint density at radius 1 is 0.774 bits per heavy atom. The molecule has 1 heterocycles. The Bertz CT molecular complexity index is 1210. The van der Waals surface area contributed by atoms with Crippen LogP contribution in [-0.2, 0) is 9.53 Å². The number of ether oxygens (including phenoxy) is 1. The van der Waals surface area contributed by atoms with Crippen LogP contribution in [0.1, 0.15) is 45.2 Å². The molecule has 1 unspecified atom stereocenters. The summed E-state index contributed by atoms with van der Waals surface area (Å²) >= 11 is 0. The van der Waals surface area contributed by atoms with Gasteiger partial charge >= 0.3 is 5.97 Å². The average molecular weight is 411 g/mol. The first-order valence-electron chi connectivity index (χ1n) is 10.1. The molecule has 154 valence electrons. The lowest BCUT2D eigenvalue weighted by molar-refractivity contribution is -0.147. The Morgan fingerprint density at radius 3 is 2.16 bits per heavy atom. The van der Waals surface area contributed by atoms with Gasteiger partial charge in [-0.3, -0.25) is 14.4 Å². The van der Waals surface area contributed by atoms with E-state index in [1.165, 1.54) is 0 Å². The van der Waals surface area contributed by atoms with Crippen LogP contribution >= 0.6 is 0 Å². The number of benzene rings is 3. The molecule has 1 aromatic heterocycles. The molecular weight excluding hydrogens is 390 g/mol. The van der Waals surface area contributed by atoms with Gasteiger partial charge in [-0.1, -0.05) is 78.9 Å². The van der Waals surface area contributed by atoms with Gasteiger partial charge in [0.2, 0.25) is 5.78 Å². The van der Waals surface area contributed by atoms with Gasteiger partial charge in [0.05, 0.1) is 6.42 Å². The first-order chi connectivity index (χ1) is 15.1. The molecule has 4 aromatic rings. The number of fused-ring (bicyclic) bond motifs is 1. The lowest BCUT2D eigenvalue weighted by Gasteiger charge is -2.17. The fraction of sp³-hybridized carbons (Fsp3) is 0.115. The molecule has 0 amide bonds. The smallest absolute Gasteiger partial charge is 0.307 e. The van der Waals surface area contributed by atoms with E-state index >= 15 is 0 Å². The number of hydrogen-bond donors (Lipinski definition) is 1. The number of hydrogen-bond acceptors (Lipinski definition) is 4. The van der Waals surface area contributed by atoms with Gasteiger partial charge < -0.3 is 9.72 Å². The van der Waals surface area contributed by atoms with Crippen molar-refractivity contribution < 1.29 is 19.1 Å². The molecule has 1 atom stereocenters. The molecule has 0 saturated heterocycles. The van der Waals surface area contributed by atoms with E-state index in [1.54, 1.807) is 54.7 Å². The van der Waals surface area contributed by atoms with Crippen LogP contribution in [0, 0.1) is 0 Å². The van der Waals surface area contributed by atoms with E-state index in [-0.39, 0.29) is 24.4 Å². The van der Waals surface area contributed by atoms with Crippen LogP contribution < -0.4 is 0 Å². The third kappa shape index (κ3) is 4.61. The number of ketones is 2. The molecule has 5 heteroatoms. The molecule has 31 heavy (non-hydrogen) atoms. The van der Waals surface area contributed by atoms with Crippen molar-refractivity contribution in [1.29, 1.82) is 0 Å². The van der Waals surface area contributed by atoms with Crippen LogP contribution in [0.4, 0.5) is 0 Å². The van der Waals surface area contributed by atoms with Gasteiger partial charge in [-0.05, 0) is 6.07 Å². The quantitative estimate of drug-likeness (QED) is 0.315. The zero-order chi connectivity index (χ0) is 21.6. The summed E-state index contributed by atoms with van der Waals surface area (Å²) in [6, 6.07) is 25.2. The SMILES string of the molecule is O=C(CCC(=O)c1ccccc1)OC(C(=O)c1c[nH]c2ccccc12)c1ccccc1. The Kier molecular flexibility index (Phi) is 6.03. The maximum Gasteiger partial charge on any atom is 0.307 e. The van der Waals surface area contributed by atoms with Crippen LogP contribution in [0.3, 0.4) is 0 Å². The molecule has 0 bridgehead atoms. The zero-order valence-corrected chi connectivity index (χ0v) is 16.8. The highest BCUT2D eigenvalue weighted by atomic mass is 16.5. The summed E-state index contributed by atoms with van der Waals surface area (Å²) in [5.41, 5.74) is 2.42. The van der Waals surface area contributed by atoms with Crippen molar-refractivity contribution >= 4 is 28.4 Å². The number of carbonyl (C=O) groups excluding carboxylic acids is 3. The molecule has 0 aliphatic carbocycles. The van der Waals surface area contributed by atoms with E-state index in [0.29, 0.717) is 16.7 Å². The highest BCUT2D eigenvalue weighted by Crippen LogP contribution is 2.27. The second-order valence-electron chi connectivity index (χ2n) is 7.18. The van der Waals surface area contributed by atoms with Crippen molar-refractivity contribution in [3.05, 3.63) is 108 Å². The third-order valence-electron chi connectivity index (χ3n) is 5.10. The summed E-state index contributed by atoms with van der Waals surface area (Å²) in [6.45, 7) is 0. The van der Waals surface area contributed by atoms with Crippen molar-refractivity contribution in [3.63, 3.8) is 0 Å². The van der Waals surface area contributed by atoms with Gasteiger partial charge in [0.1, 0.15) is 0 Å². The lowest BCUT2D eigenvalue weighted by Crippen LogP contribution is -2.20. The number of carbonyl (C=O) groups is 3. The molecule has 0 aliphatic rings. The number of Topliss-reactive ketones (excluding diaryl/α,β-unsaturated/α-hetero) is 2. The summed E-state index contributed by atoms with van der Waals surface area (Å²) in [5, 5.41) is 0.767. The predicted octanol–water partition coefficient (Wildman–Crippen LogP) is 5.30. The average Bonchev–Trinajstić information content (AvgIpc) is 3.26. The molecule has 1 N–H and O–H groups in total. The third-order valence-corrected chi connectivity index (χ3v) is 5.10. The fourth-order valence-electron chi connectivity index (χ4n) is 3.49. The summed E-state index contributed by atoms with van der Waals surface area (Å²) < 4.78 is 5.60. The van der Waals surface area contributed by atoms with Crippen LogP contribution in [0.25, 0.3) is 10.9 Å². The van der Waals surface area contributed by atoms with Crippen LogP contribution in [-0.4, -0.2) is 22.5 Å². The molecule has 4 rings (SSSR count). The van der Waals surface area contributed by atoms with E-state index in [0.717, 1.165) is 10.9 Å². The second kappa shape index (κ2) is 9.22. The van der Waals surface area contributed by atoms with E-state index in [1.807, 2.05) is 36.4 Å². The normalized spacial score (nSPS) is 11.7. The molecule has 0 fully saturated rings. The monoisotopic (exact) mass is 411 g/mol. The van der Waals surface area contributed by atoms with Crippen molar-refractivity contribution in [2.45, 2.75) is 18.9 Å². The molecule has 5 nitrogen and oxygen atoms in total. The summed E-state index contributed by atoms with van der Waals surface area (Å²) in [5.74, 6) is -1.05. The van der Waals surface area contributed by atoms with E-state index in [2.05, 4.69) is 4.98 Å². The number of nitrogens with one attached hydrogen (secondary N) is 1. The van der Waals surface area contributed by atoms with Crippen molar-refractivity contribution in [2.75, 3.05) is 0 Å². The van der Waals surface area contributed by atoms with Crippen LogP contribution in [0.2, 0.25) is 0 Å². The summed E-state index contributed by atoms with van der Waals surface area (Å²) in [6.07, 6.45) is 0.472. The van der Waals surface area contributed by atoms with Crippen molar-refractivity contribution in [3.8, 4) is 0 Å². The van der Waals surface area contributed by atoms with Crippen molar-refractivity contribution in [1.82, 2.24) is 4.98 Å². The molecule has 0 radical (unpaired) electrons. The largest absolute Gasteiger partial charge is 0.449 e. The number of H-pyrrole nitrogens is 1. The Balaban J connectivity index is 1.52. The van der Waals surface area contributed by atoms with E-state index < -0.39 is 12.1 Å². The zero-order valence-electron chi connectivity index (χ0n) is 16.8. The first-order valence-corrected chi connectivity index (χ1v) is 10.1. The maximum absolute atomic E-state index is 13.4. The molecule has 3 aromatic carbocycles. The molecular formula is C26H21NO4. The lowest BCUT2D eigenvalue weighted by atomic mass is 9.99. The number of para-hydroxylation sites is 1. The Labute approximate surface area is 179 Å². The van der Waals surface area contributed by atoms with Crippen LogP contribution in [0.5, 0.6) is 0 Å². The van der Waals surface area contributed by atoms with E-state index in [4.69, 9.17) is 4.74 Å². The fourth-order valence-corrected chi connectivity index (χ4v) is 3.49.